The zero-order valence-electron chi connectivity index (χ0n) is 26.0. The lowest BCUT2D eigenvalue weighted by Gasteiger charge is -2.41. The van der Waals surface area contributed by atoms with E-state index in [-0.39, 0.29) is 40.9 Å². The number of fused-ring (bicyclic) bond motifs is 4. The van der Waals surface area contributed by atoms with Crippen LogP contribution in [-0.4, -0.2) is 83.5 Å². The number of nitrogens with two attached hydrogens (primary N) is 1. The van der Waals surface area contributed by atoms with Crippen LogP contribution >= 0.6 is 0 Å². The Balaban J connectivity index is 1.37. The van der Waals surface area contributed by atoms with Gasteiger partial charge in [0.05, 0.1) is 46.2 Å². The third-order valence-corrected chi connectivity index (χ3v) is 10.1. The summed E-state index contributed by atoms with van der Waals surface area (Å²) >= 11 is 0. The molecule has 2 bridgehead atoms. The maximum atomic E-state index is 16.6. The van der Waals surface area contributed by atoms with Gasteiger partial charge in [0, 0.05) is 39.0 Å². The van der Waals surface area contributed by atoms with Crippen molar-refractivity contribution in [2.45, 2.75) is 62.3 Å². The van der Waals surface area contributed by atoms with Crippen LogP contribution in [0.2, 0.25) is 0 Å². The van der Waals surface area contributed by atoms with Crippen LogP contribution in [0.25, 0.3) is 22.2 Å². The molecule has 9 nitrogen and oxygen atoms in total. The number of anilines is 2. The lowest BCUT2D eigenvalue weighted by atomic mass is 9.94. The van der Waals surface area contributed by atoms with Crippen molar-refractivity contribution in [1.82, 2.24) is 25.2 Å². The Kier molecular flexibility index (Phi) is 7.79. The molecule has 4 saturated heterocycles. The summed E-state index contributed by atoms with van der Waals surface area (Å²) in [4.78, 5) is 17.2. The highest BCUT2D eigenvalue weighted by Gasteiger charge is 2.48. The lowest BCUT2D eigenvalue weighted by Crippen LogP contribution is -2.61. The summed E-state index contributed by atoms with van der Waals surface area (Å²) < 4.78 is 100.0. The van der Waals surface area contributed by atoms with Crippen molar-refractivity contribution >= 4 is 22.4 Å². The zero-order chi connectivity index (χ0) is 33.3. The van der Waals surface area contributed by atoms with E-state index in [1.807, 2.05) is 4.90 Å². The fraction of sp³-hybridized carbons (Fsp3) is 0.531. The number of piperazine rings is 1. The molecule has 15 heteroatoms. The molecule has 0 spiro atoms. The summed E-state index contributed by atoms with van der Waals surface area (Å²) in [5.41, 5.74) is 0.824. The largest absolute Gasteiger partial charge is 0.461 e. The van der Waals surface area contributed by atoms with Crippen molar-refractivity contribution in [2.24, 2.45) is 0 Å². The van der Waals surface area contributed by atoms with E-state index in [1.165, 1.54) is 6.20 Å². The van der Waals surface area contributed by atoms with Crippen LogP contribution in [-0.2, 0) is 10.9 Å². The molecule has 4 fully saturated rings. The van der Waals surface area contributed by atoms with Crippen molar-refractivity contribution in [2.75, 3.05) is 57.1 Å². The first-order valence-corrected chi connectivity index (χ1v) is 15.6. The number of ether oxygens (including phenoxy) is 2. The van der Waals surface area contributed by atoms with Gasteiger partial charge in [0.25, 0.3) is 0 Å². The van der Waals surface area contributed by atoms with Gasteiger partial charge in [-0.25, -0.2) is 13.2 Å². The van der Waals surface area contributed by atoms with Crippen LogP contribution in [0.15, 0.2) is 24.2 Å². The monoisotopic (exact) mass is 663 g/mol. The van der Waals surface area contributed by atoms with Crippen LogP contribution in [0, 0.1) is 18.6 Å². The molecule has 0 amide bonds. The van der Waals surface area contributed by atoms with Gasteiger partial charge in [0.1, 0.15) is 23.6 Å². The molecule has 2 unspecified atom stereocenters. The van der Waals surface area contributed by atoms with E-state index in [4.69, 9.17) is 20.2 Å². The Bertz CT molecular complexity index is 1770. The molecule has 252 valence electrons. The summed E-state index contributed by atoms with van der Waals surface area (Å²) in [5, 5.41) is 3.74. The van der Waals surface area contributed by atoms with E-state index in [1.54, 1.807) is 7.11 Å². The molecular weight excluding hydrogens is 628 g/mol. The number of aryl methyl sites for hydroxylation is 1. The zero-order valence-corrected chi connectivity index (χ0v) is 26.0. The second-order valence-corrected chi connectivity index (χ2v) is 13.3. The Morgan fingerprint density at radius 3 is 2.72 bits per heavy atom. The molecule has 0 aliphatic carbocycles. The van der Waals surface area contributed by atoms with Crippen LogP contribution in [0.4, 0.5) is 37.8 Å². The summed E-state index contributed by atoms with van der Waals surface area (Å²) in [6, 6.07) is 0.744. The van der Waals surface area contributed by atoms with Gasteiger partial charge in [-0.2, -0.15) is 23.1 Å². The molecule has 3 aromatic rings. The van der Waals surface area contributed by atoms with Gasteiger partial charge < -0.3 is 25.4 Å². The van der Waals surface area contributed by atoms with Crippen molar-refractivity contribution in [3.05, 3.63) is 46.9 Å². The molecule has 1 aromatic carbocycles. The summed E-state index contributed by atoms with van der Waals surface area (Å²) in [5.74, 6) is -2.41. The highest BCUT2D eigenvalue weighted by atomic mass is 19.4. The Labute approximate surface area is 267 Å². The Morgan fingerprint density at radius 2 is 1.98 bits per heavy atom. The second kappa shape index (κ2) is 11.5. The van der Waals surface area contributed by atoms with E-state index in [0.29, 0.717) is 44.6 Å². The van der Waals surface area contributed by atoms with E-state index >= 15 is 8.78 Å². The number of hydrogen-bond donors (Lipinski definition) is 2. The fourth-order valence-electron chi connectivity index (χ4n) is 8.14. The molecule has 0 saturated carbocycles. The minimum atomic E-state index is -5.03. The van der Waals surface area contributed by atoms with Crippen LogP contribution < -0.4 is 20.7 Å². The SMILES string of the molecule is COCC12CCC(CN(c3nc(OC[C@@]45CCCN4C/C(=C/F)C5)nc4c(F)c(-c5c(F)c(N)cc(C)c5C(F)(F)F)ncc34)C1)N2. The van der Waals surface area contributed by atoms with Crippen molar-refractivity contribution in [3.63, 3.8) is 0 Å². The molecule has 0 radical (unpaired) electrons. The van der Waals surface area contributed by atoms with Crippen LogP contribution in [0.1, 0.15) is 43.2 Å². The first kappa shape index (κ1) is 31.9. The molecule has 4 aliphatic rings. The first-order chi connectivity index (χ1) is 22.4. The first-order valence-electron chi connectivity index (χ1n) is 15.6. The van der Waals surface area contributed by atoms with E-state index in [0.717, 1.165) is 45.2 Å². The van der Waals surface area contributed by atoms with Gasteiger partial charge in [0.15, 0.2) is 11.6 Å². The number of benzene rings is 1. The average Bonchev–Trinajstić information content (AvgIpc) is 3.67. The predicted octanol–water partition coefficient (Wildman–Crippen LogP) is 5.31. The normalized spacial score (nSPS) is 26.9. The molecule has 3 atom stereocenters. The van der Waals surface area contributed by atoms with Gasteiger partial charge in [-0.05, 0) is 62.8 Å². The molecule has 47 heavy (non-hydrogen) atoms. The number of nitrogens with zero attached hydrogens (tertiary/aromatic N) is 5. The van der Waals surface area contributed by atoms with Crippen molar-refractivity contribution in [3.8, 4) is 17.3 Å². The number of halogens is 6. The van der Waals surface area contributed by atoms with E-state index in [2.05, 4.69) is 20.2 Å². The molecule has 4 aliphatic heterocycles. The maximum Gasteiger partial charge on any atom is 0.417 e. The van der Waals surface area contributed by atoms with Crippen molar-refractivity contribution in [1.29, 1.82) is 0 Å². The number of pyridine rings is 1. The number of nitrogen functional groups attached to an aromatic ring is 1. The standard InChI is InChI=1S/C32H35F6N7O2/c1-17-8-21(39)24(34)22(23(17)32(36,37)38)27-25(35)26-20(11-40-27)28(44-13-19-4-6-30(14-44,43-19)15-46-2)42-29(41-26)47-16-31-5-3-7-45(31)12-18(9-31)10-33/h8,10-11,19,43H,3-7,9,12-16,39H2,1-2H3/b18-10+/t19?,30?,31-/m0/s1. The number of nitrogens with one attached hydrogen (secondary N) is 1. The molecule has 7 rings (SSSR count). The molecule has 6 heterocycles. The number of alkyl halides is 3. The van der Waals surface area contributed by atoms with E-state index < -0.39 is 51.4 Å². The van der Waals surface area contributed by atoms with Gasteiger partial charge in [0.2, 0.25) is 0 Å². The summed E-state index contributed by atoms with van der Waals surface area (Å²) in [6.07, 6.45) is 0.577. The highest BCUT2D eigenvalue weighted by Crippen LogP contribution is 2.45. The number of aromatic nitrogens is 3. The van der Waals surface area contributed by atoms with Crippen LogP contribution in [0.3, 0.4) is 0 Å². The Hall–Kier alpha value is -3.69. The molecule has 2 aromatic heterocycles. The number of rotatable bonds is 7. The van der Waals surface area contributed by atoms with Gasteiger partial charge in [-0.15, -0.1) is 0 Å². The van der Waals surface area contributed by atoms with Crippen molar-refractivity contribution < 1.29 is 35.8 Å². The highest BCUT2D eigenvalue weighted by molar-refractivity contribution is 5.92. The maximum absolute atomic E-state index is 16.6. The summed E-state index contributed by atoms with van der Waals surface area (Å²) in [6.45, 7) is 3.82. The van der Waals surface area contributed by atoms with E-state index in [9.17, 15) is 17.6 Å². The molecule has 3 N–H and O–H groups in total. The summed E-state index contributed by atoms with van der Waals surface area (Å²) in [7, 11) is 1.61. The number of methoxy groups -OCH3 is 1. The topological polar surface area (TPSA) is 102 Å². The van der Waals surface area contributed by atoms with Gasteiger partial charge >= 0.3 is 12.2 Å². The number of hydrogen-bond acceptors (Lipinski definition) is 9. The predicted molar refractivity (Wildman–Crippen MR) is 163 cm³/mol. The molecular formula is C32H35F6N7O2. The quantitative estimate of drug-likeness (QED) is 0.258. The second-order valence-electron chi connectivity index (χ2n) is 13.3. The smallest absolute Gasteiger partial charge is 0.417 e. The third-order valence-electron chi connectivity index (χ3n) is 10.1. The van der Waals surface area contributed by atoms with Gasteiger partial charge in [-0.1, -0.05) is 0 Å². The lowest BCUT2D eigenvalue weighted by molar-refractivity contribution is -0.137. The average molecular weight is 664 g/mol. The minimum absolute atomic E-state index is 0.0828. The fourth-order valence-corrected chi connectivity index (χ4v) is 8.14. The van der Waals surface area contributed by atoms with Crippen LogP contribution in [0.5, 0.6) is 6.01 Å². The van der Waals surface area contributed by atoms with Gasteiger partial charge in [-0.3, -0.25) is 9.88 Å². The Morgan fingerprint density at radius 1 is 1.17 bits per heavy atom. The minimum Gasteiger partial charge on any atom is -0.461 e. The third kappa shape index (κ3) is 5.35.